The first kappa shape index (κ1) is 23.5. The molecule has 0 bridgehead atoms. The van der Waals surface area contributed by atoms with E-state index < -0.39 is 0 Å². The molecule has 6 nitrogen and oxygen atoms in total. The highest BCUT2D eigenvalue weighted by atomic mass is 35.5. The molecule has 0 saturated carbocycles. The Morgan fingerprint density at radius 2 is 1.97 bits per heavy atom. The number of pyridine rings is 1. The zero-order valence-corrected chi connectivity index (χ0v) is 21.2. The maximum atomic E-state index is 6.36. The molecule has 1 aliphatic rings. The van der Waals surface area contributed by atoms with E-state index in [1.54, 1.807) is 7.11 Å². The van der Waals surface area contributed by atoms with Gasteiger partial charge in [0.05, 0.1) is 30.6 Å². The molecule has 0 radical (unpaired) electrons. The number of hydrogen-bond acceptors (Lipinski definition) is 4. The SMILES string of the molecule is COc1ccc(Cl)cc1-n1c(C)cc([C@H]2[C@@H](c3ccccn3)NC(=S)N2CCN(C)C)c1C. The van der Waals surface area contributed by atoms with Gasteiger partial charge in [0.15, 0.2) is 5.11 Å². The fourth-order valence-corrected chi connectivity index (χ4v) is 5.09. The maximum absolute atomic E-state index is 6.36. The number of benzene rings is 1. The molecule has 1 aliphatic heterocycles. The van der Waals surface area contributed by atoms with Crippen LogP contribution in [0.3, 0.4) is 0 Å². The van der Waals surface area contributed by atoms with Crippen LogP contribution in [0, 0.1) is 13.8 Å². The zero-order chi connectivity index (χ0) is 23.7. The third-order valence-electron chi connectivity index (χ3n) is 6.16. The highest BCUT2D eigenvalue weighted by Crippen LogP contribution is 2.42. The smallest absolute Gasteiger partial charge is 0.170 e. The molecule has 0 spiro atoms. The van der Waals surface area contributed by atoms with Crippen LogP contribution in [0.5, 0.6) is 5.75 Å². The molecule has 33 heavy (non-hydrogen) atoms. The van der Waals surface area contributed by atoms with E-state index in [0.29, 0.717) is 5.02 Å². The quantitative estimate of drug-likeness (QED) is 0.492. The number of aromatic nitrogens is 2. The summed E-state index contributed by atoms with van der Waals surface area (Å²) in [6, 6.07) is 13.9. The minimum atomic E-state index is -0.0453. The van der Waals surface area contributed by atoms with Crippen molar-refractivity contribution in [2.45, 2.75) is 25.9 Å². The lowest BCUT2D eigenvalue weighted by molar-refractivity contribution is 0.277. The van der Waals surface area contributed by atoms with Crippen molar-refractivity contribution in [3.8, 4) is 11.4 Å². The van der Waals surface area contributed by atoms with Crippen LogP contribution in [0.25, 0.3) is 5.69 Å². The van der Waals surface area contributed by atoms with Crippen LogP contribution >= 0.6 is 23.8 Å². The largest absolute Gasteiger partial charge is 0.495 e. The summed E-state index contributed by atoms with van der Waals surface area (Å²) in [5.74, 6) is 0.776. The lowest BCUT2D eigenvalue weighted by Crippen LogP contribution is -2.35. The Hall–Kier alpha value is -2.61. The van der Waals surface area contributed by atoms with Crippen molar-refractivity contribution in [3.63, 3.8) is 0 Å². The Morgan fingerprint density at radius 1 is 1.18 bits per heavy atom. The number of likely N-dealkylation sites (N-methyl/N-ethyl adjacent to an activating group) is 1. The molecule has 1 fully saturated rings. The summed E-state index contributed by atoms with van der Waals surface area (Å²) in [4.78, 5) is 9.12. The van der Waals surface area contributed by atoms with Crippen LogP contribution < -0.4 is 10.1 Å². The van der Waals surface area contributed by atoms with E-state index in [1.165, 1.54) is 5.56 Å². The van der Waals surface area contributed by atoms with Gasteiger partial charge in [-0.2, -0.15) is 0 Å². The number of aryl methyl sites for hydroxylation is 1. The Balaban J connectivity index is 1.84. The van der Waals surface area contributed by atoms with E-state index in [0.717, 1.165) is 46.7 Å². The molecule has 4 rings (SSSR count). The topological polar surface area (TPSA) is 45.6 Å². The summed E-state index contributed by atoms with van der Waals surface area (Å²) in [7, 11) is 5.84. The molecule has 3 aromatic rings. The van der Waals surface area contributed by atoms with E-state index in [2.05, 4.69) is 64.7 Å². The normalized spacial score (nSPS) is 18.2. The summed E-state index contributed by atoms with van der Waals surface area (Å²) in [5, 5.41) is 4.96. The Morgan fingerprint density at radius 3 is 2.64 bits per heavy atom. The number of rotatable bonds is 7. The second kappa shape index (κ2) is 9.71. The van der Waals surface area contributed by atoms with Crippen LogP contribution in [0.4, 0.5) is 0 Å². The van der Waals surface area contributed by atoms with Crippen LogP contribution in [-0.4, -0.2) is 58.8 Å². The molecular weight excluding hydrogens is 454 g/mol. The van der Waals surface area contributed by atoms with Crippen molar-refractivity contribution in [2.24, 2.45) is 0 Å². The van der Waals surface area contributed by atoms with Gasteiger partial charge in [-0.15, -0.1) is 0 Å². The summed E-state index contributed by atoms with van der Waals surface area (Å²) in [6.45, 7) is 5.96. The van der Waals surface area contributed by atoms with Gasteiger partial charge in [0.25, 0.3) is 0 Å². The number of halogens is 1. The van der Waals surface area contributed by atoms with Gasteiger partial charge in [0.1, 0.15) is 5.75 Å². The minimum absolute atomic E-state index is 0.0116. The third-order valence-corrected chi connectivity index (χ3v) is 6.74. The van der Waals surface area contributed by atoms with Crippen LogP contribution in [0.15, 0.2) is 48.7 Å². The highest BCUT2D eigenvalue weighted by molar-refractivity contribution is 7.80. The monoisotopic (exact) mass is 483 g/mol. The average Bonchev–Trinajstić information content (AvgIpc) is 3.27. The molecule has 174 valence electrons. The zero-order valence-electron chi connectivity index (χ0n) is 19.7. The van der Waals surface area contributed by atoms with Gasteiger partial charge in [0, 0.05) is 35.7 Å². The van der Waals surface area contributed by atoms with Crippen molar-refractivity contribution in [2.75, 3.05) is 34.3 Å². The van der Waals surface area contributed by atoms with E-state index in [1.807, 2.05) is 36.5 Å². The second-order valence-electron chi connectivity index (χ2n) is 8.60. The van der Waals surface area contributed by atoms with Crippen molar-refractivity contribution >= 4 is 28.9 Å². The Bertz CT molecular complexity index is 1150. The number of methoxy groups -OCH3 is 1. The first-order chi connectivity index (χ1) is 15.8. The molecule has 1 N–H and O–H groups in total. The summed E-state index contributed by atoms with van der Waals surface area (Å²) >= 11 is 12.2. The molecule has 8 heteroatoms. The van der Waals surface area contributed by atoms with Gasteiger partial charge in [-0.3, -0.25) is 4.98 Å². The molecule has 0 unspecified atom stereocenters. The molecule has 2 aromatic heterocycles. The van der Waals surface area contributed by atoms with Crippen LogP contribution in [-0.2, 0) is 0 Å². The summed E-state index contributed by atoms with van der Waals surface area (Å²) < 4.78 is 7.86. The summed E-state index contributed by atoms with van der Waals surface area (Å²) in [5.41, 5.74) is 5.33. The summed E-state index contributed by atoms with van der Waals surface area (Å²) in [6.07, 6.45) is 1.83. The first-order valence-electron chi connectivity index (χ1n) is 11.0. The molecule has 3 heterocycles. The first-order valence-corrected chi connectivity index (χ1v) is 11.8. The number of hydrogen-bond donors (Lipinski definition) is 1. The minimum Gasteiger partial charge on any atom is -0.495 e. The predicted octanol–water partition coefficient (Wildman–Crippen LogP) is 4.69. The van der Waals surface area contributed by atoms with Crippen LogP contribution in [0.2, 0.25) is 5.02 Å². The van der Waals surface area contributed by atoms with Gasteiger partial charge in [0.2, 0.25) is 0 Å². The van der Waals surface area contributed by atoms with Gasteiger partial charge in [-0.25, -0.2) is 0 Å². The van der Waals surface area contributed by atoms with Gasteiger partial charge in [-0.05, 0) is 82.1 Å². The molecule has 1 aromatic carbocycles. The van der Waals surface area contributed by atoms with E-state index in [4.69, 9.17) is 28.6 Å². The second-order valence-corrected chi connectivity index (χ2v) is 9.42. The molecule has 0 amide bonds. The Kier molecular flexibility index (Phi) is 6.93. The van der Waals surface area contributed by atoms with Crippen molar-refractivity contribution < 1.29 is 4.74 Å². The van der Waals surface area contributed by atoms with Gasteiger partial charge >= 0.3 is 0 Å². The molecule has 1 saturated heterocycles. The molecular formula is C25H30ClN5OS. The fourth-order valence-electron chi connectivity index (χ4n) is 4.59. The van der Waals surface area contributed by atoms with Crippen molar-refractivity contribution in [1.29, 1.82) is 0 Å². The fraction of sp³-hybridized carbons (Fsp3) is 0.360. The van der Waals surface area contributed by atoms with Gasteiger partial charge < -0.3 is 24.4 Å². The van der Waals surface area contributed by atoms with Crippen molar-refractivity contribution in [3.05, 3.63) is 76.3 Å². The predicted molar refractivity (Wildman–Crippen MR) is 138 cm³/mol. The number of ether oxygens (including phenoxy) is 1. The number of nitrogens with one attached hydrogen (secondary N) is 1. The Labute approximate surface area is 206 Å². The molecule has 0 aliphatic carbocycles. The third kappa shape index (κ3) is 4.58. The van der Waals surface area contributed by atoms with E-state index in [-0.39, 0.29) is 12.1 Å². The average molecular weight is 484 g/mol. The van der Waals surface area contributed by atoms with Gasteiger partial charge in [-0.1, -0.05) is 17.7 Å². The lowest BCUT2D eigenvalue weighted by atomic mass is 9.96. The lowest BCUT2D eigenvalue weighted by Gasteiger charge is -2.29. The number of thiocarbonyl (C=S) groups is 1. The van der Waals surface area contributed by atoms with E-state index in [9.17, 15) is 0 Å². The van der Waals surface area contributed by atoms with Crippen molar-refractivity contribution in [1.82, 2.24) is 24.7 Å². The highest BCUT2D eigenvalue weighted by Gasteiger charge is 2.41. The number of nitrogens with zero attached hydrogens (tertiary/aromatic N) is 4. The standard InChI is InChI=1S/C25H30ClN5OS/c1-16-14-19(17(2)31(16)21-15-18(26)9-10-22(21)32-5)24-23(20-8-6-7-11-27-20)28-25(33)30(24)13-12-29(3)4/h6-11,14-15,23-24H,12-13H2,1-5H3,(H,28,33)/t23-,24+/m1/s1. The van der Waals surface area contributed by atoms with Crippen LogP contribution in [0.1, 0.15) is 34.7 Å². The molecule has 2 atom stereocenters. The van der Waals surface area contributed by atoms with E-state index >= 15 is 0 Å². The maximum Gasteiger partial charge on any atom is 0.170 e.